The van der Waals surface area contributed by atoms with E-state index in [1.54, 1.807) is 18.2 Å². The van der Waals surface area contributed by atoms with Crippen LogP contribution in [-0.4, -0.2) is 0 Å². The third-order valence-electron chi connectivity index (χ3n) is 5.50. The molecule has 2 N–H and O–H groups in total. The highest BCUT2D eigenvalue weighted by atomic mass is 16.5. The zero-order chi connectivity index (χ0) is 23.3. The van der Waals surface area contributed by atoms with Crippen molar-refractivity contribution in [2.45, 2.75) is 13.2 Å². The third-order valence-corrected chi connectivity index (χ3v) is 5.50. The van der Waals surface area contributed by atoms with E-state index >= 15 is 0 Å². The van der Waals surface area contributed by atoms with Crippen molar-refractivity contribution in [1.29, 1.82) is 0 Å². The second kappa shape index (κ2) is 9.55. The highest BCUT2D eigenvalue weighted by molar-refractivity contribution is 5.90. The minimum Gasteiger partial charge on any atom is -0.489 e. The molecule has 0 atom stereocenters. The maximum Gasteiger partial charge on any atom is 0.235 e. The topological polar surface area (TPSA) is 74.7 Å². The number of nitrogens with two attached hydrogens (primary N) is 1. The van der Waals surface area contributed by atoms with Crippen LogP contribution in [0, 0.1) is 0 Å². The van der Waals surface area contributed by atoms with E-state index in [1.165, 1.54) is 0 Å². The van der Waals surface area contributed by atoms with Gasteiger partial charge in [-0.2, -0.15) is 0 Å². The second-order valence-corrected chi connectivity index (χ2v) is 7.89. The van der Waals surface area contributed by atoms with Gasteiger partial charge in [0.25, 0.3) is 0 Å². The Morgan fingerprint density at radius 1 is 0.676 bits per heavy atom. The van der Waals surface area contributed by atoms with Crippen LogP contribution in [0.15, 0.2) is 112 Å². The van der Waals surface area contributed by atoms with Gasteiger partial charge in [-0.3, -0.25) is 4.79 Å². The fourth-order valence-electron chi connectivity index (χ4n) is 3.72. The van der Waals surface area contributed by atoms with E-state index in [0.717, 1.165) is 11.1 Å². The number of nitrogen functional groups attached to an aromatic ring is 1. The number of rotatable bonds is 7. The van der Waals surface area contributed by atoms with Gasteiger partial charge in [0.2, 0.25) is 11.2 Å². The highest BCUT2D eigenvalue weighted by Gasteiger charge is 2.19. The Bertz CT molecular complexity index is 1460. The average Bonchev–Trinajstić information content (AvgIpc) is 2.89. The zero-order valence-corrected chi connectivity index (χ0v) is 18.4. The van der Waals surface area contributed by atoms with Gasteiger partial charge in [-0.25, -0.2) is 0 Å². The summed E-state index contributed by atoms with van der Waals surface area (Å²) in [4.78, 5) is 13.4. The molecule has 0 bridgehead atoms. The van der Waals surface area contributed by atoms with E-state index in [0.29, 0.717) is 40.3 Å². The van der Waals surface area contributed by atoms with Gasteiger partial charge in [-0.1, -0.05) is 66.7 Å². The zero-order valence-electron chi connectivity index (χ0n) is 18.4. The average molecular weight is 450 g/mol. The van der Waals surface area contributed by atoms with Crippen LogP contribution in [0.3, 0.4) is 0 Å². The monoisotopic (exact) mass is 449 g/mol. The molecular weight excluding hydrogens is 426 g/mol. The number of fused-ring (bicyclic) bond motifs is 1. The molecule has 0 spiro atoms. The Kier molecular flexibility index (Phi) is 5.99. The van der Waals surface area contributed by atoms with Gasteiger partial charge >= 0.3 is 0 Å². The molecule has 1 aromatic heterocycles. The van der Waals surface area contributed by atoms with E-state index in [2.05, 4.69) is 0 Å². The Balaban J connectivity index is 1.49. The molecule has 0 amide bonds. The van der Waals surface area contributed by atoms with Gasteiger partial charge in [0.05, 0.1) is 11.1 Å². The van der Waals surface area contributed by atoms with Gasteiger partial charge in [-0.05, 0) is 47.5 Å². The summed E-state index contributed by atoms with van der Waals surface area (Å²) >= 11 is 0. The Hall–Kier alpha value is -4.51. The van der Waals surface area contributed by atoms with Crippen molar-refractivity contribution in [3.8, 4) is 22.8 Å². The summed E-state index contributed by atoms with van der Waals surface area (Å²) in [6.45, 7) is 0.706. The van der Waals surface area contributed by atoms with E-state index in [9.17, 15) is 4.79 Å². The first-order valence-corrected chi connectivity index (χ1v) is 11.0. The van der Waals surface area contributed by atoms with Crippen molar-refractivity contribution in [2.24, 2.45) is 0 Å². The summed E-state index contributed by atoms with van der Waals surface area (Å²) in [5, 5.41) is 0.384. The van der Waals surface area contributed by atoms with E-state index in [-0.39, 0.29) is 17.8 Å². The van der Waals surface area contributed by atoms with Gasteiger partial charge in [0.15, 0.2) is 11.3 Å². The lowest BCUT2D eigenvalue weighted by Crippen LogP contribution is -2.11. The first-order valence-electron chi connectivity index (χ1n) is 11.0. The van der Waals surface area contributed by atoms with Crippen molar-refractivity contribution in [3.63, 3.8) is 0 Å². The molecule has 0 aliphatic carbocycles. The van der Waals surface area contributed by atoms with Gasteiger partial charge < -0.3 is 19.6 Å². The van der Waals surface area contributed by atoms with Crippen molar-refractivity contribution in [2.75, 3.05) is 5.73 Å². The standard InChI is InChI=1S/C29H23NO4/c30-25-13-7-12-24-26(31)29(33-19-21-10-5-2-6-11-21)27(34-28(24)25)22-14-16-23(17-15-22)32-18-20-8-3-1-4-9-20/h1-17H,18-19,30H2. The summed E-state index contributed by atoms with van der Waals surface area (Å²) in [5.41, 5.74) is 9.32. The predicted molar refractivity (Wildman–Crippen MR) is 134 cm³/mol. The lowest BCUT2D eigenvalue weighted by Gasteiger charge is -2.13. The maximum atomic E-state index is 13.4. The van der Waals surface area contributed by atoms with Crippen LogP contribution >= 0.6 is 0 Å². The van der Waals surface area contributed by atoms with Crippen molar-refractivity contribution < 1.29 is 13.9 Å². The number of ether oxygens (including phenoxy) is 2. The molecule has 5 heteroatoms. The molecule has 168 valence electrons. The first kappa shape index (κ1) is 21.3. The lowest BCUT2D eigenvalue weighted by molar-refractivity contribution is 0.297. The lowest BCUT2D eigenvalue weighted by atomic mass is 10.1. The summed E-state index contributed by atoms with van der Waals surface area (Å²) < 4.78 is 18.1. The van der Waals surface area contributed by atoms with Crippen LogP contribution in [0.1, 0.15) is 11.1 Å². The molecule has 0 fully saturated rings. The van der Waals surface area contributed by atoms with Crippen LogP contribution in [0.5, 0.6) is 11.5 Å². The molecular formula is C29H23NO4. The summed E-state index contributed by atoms with van der Waals surface area (Å²) in [6.07, 6.45) is 0. The summed E-state index contributed by atoms with van der Waals surface area (Å²) in [7, 11) is 0. The molecule has 0 saturated carbocycles. The third kappa shape index (κ3) is 4.50. The van der Waals surface area contributed by atoms with E-state index in [4.69, 9.17) is 19.6 Å². The summed E-state index contributed by atoms with van der Waals surface area (Å²) in [6, 6.07) is 32.1. The maximum absolute atomic E-state index is 13.4. The summed E-state index contributed by atoms with van der Waals surface area (Å²) in [5.74, 6) is 1.20. The van der Waals surface area contributed by atoms with Crippen molar-refractivity contribution in [3.05, 3.63) is 124 Å². The number of hydrogen-bond acceptors (Lipinski definition) is 5. The largest absolute Gasteiger partial charge is 0.489 e. The molecule has 34 heavy (non-hydrogen) atoms. The SMILES string of the molecule is Nc1cccc2c(=O)c(OCc3ccccc3)c(-c3ccc(OCc4ccccc4)cc3)oc12. The molecule has 0 radical (unpaired) electrons. The fraction of sp³-hybridized carbons (Fsp3) is 0.0690. The van der Waals surface area contributed by atoms with Crippen LogP contribution in [0.25, 0.3) is 22.3 Å². The van der Waals surface area contributed by atoms with Gasteiger partial charge in [0.1, 0.15) is 19.0 Å². The smallest absolute Gasteiger partial charge is 0.235 e. The molecule has 0 aliphatic heterocycles. The highest BCUT2D eigenvalue weighted by Crippen LogP contribution is 2.34. The molecule has 1 heterocycles. The number of para-hydroxylation sites is 1. The van der Waals surface area contributed by atoms with E-state index in [1.807, 2.05) is 84.9 Å². The molecule has 4 aromatic carbocycles. The van der Waals surface area contributed by atoms with Gasteiger partial charge in [0, 0.05) is 5.56 Å². The number of benzene rings is 4. The Morgan fingerprint density at radius 2 is 1.29 bits per heavy atom. The van der Waals surface area contributed by atoms with Crippen molar-refractivity contribution in [1.82, 2.24) is 0 Å². The molecule has 5 rings (SSSR count). The van der Waals surface area contributed by atoms with Crippen LogP contribution in [0.4, 0.5) is 5.69 Å². The Morgan fingerprint density at radius 3 is 1.94 bits per heavy atom. The number of anilines is 1. The second-order valence-electron chi connectivity index (χ2n) is 7.89. The molecule has 0 saturated heterocycles. The van der Waals surface area contributed by atoms with Crippen LogP contribution in [0.2, 0.25) is 0 Å². The number of hydrogen-bond donors (Lipinski definition) is 1. The minimum atomic E-state index is -0.260. The van der Waals surface area contributed by atoms with Crippen LogP contribution in [-0.2, 0) is 13.2 Å². The normalized spacial score (nSPS) is 10.8. The van der Waals surface area contributed by atoms with Gasteiger partial charge in [-0.15, -0.1) is 0 Å². The molecule has 0 aliphatic rings. The first-order chi connectivity index (χ1) is 16.7. The molecule has 5 aromatic rings. The Labute approximate surface area is 197 Å². The minimum absolute atomic E-state index is 0.153. The van der Waals surface area contributed by atoms with E-state index < -0.39 is 0 Å². The van der Waals surface area contributed by atoms with Crippen LogP contribution < -0.4 is 20.6 Å². The predicted octanol–water partition coefficient (Wildman–Crippen LogP) is 6.20. The molecule has 5 nitrogen and oxygen atoms in total. The van der Waals surface area contributed by atoms with Crippen molar-refractivity contribution >= 4 is 16.7 Å². The molecule has 0 unspecified atom stereocenters. The quantitative estimate of drug-likeness (QED) is 0.299. The fourth-order valence-corrected chi connectivity index (χ4v) is 3.72.